The van der Waals surface area contributed by atoms with E-state index in [1.165, 1.54) is 64.8 Å². The lowest BCUT2D eigenvalue weighted by Gasteiger charge is -2.49. The normalized spacial score (nSPS) is 42.0. The van der Waals surface area contributed by atoms with Crippen molar-refractivity contribution in [3.8, 4) is 0 Å². The molecule has 3 nitrogen and oxygen atoms in total. The van der Waals surface area contributed by atoms with Crippen LogP contribution >= 0.6 is 0 Å². The number of nitrogens with zero attached hydrogens (tertiary/aromatic N) is 2. The van der Waals surface area contributed by atoms with Crippen molar-refractivity contribution in [2.24, 2.45) is 5.92 Å². The third-order valence-electron chi connectivity index (χ3n) is 5.11. The van der Waals surface area contributed by atoms with Crippen LogP contribution in [-0.4, -0.2) is 61.7 Å². The molecule has 2 bridgehead atoms. The predicted molar refractivity (Wildman–Crippen MR) is 71.2 cm³/mol. The molecule has 0 spiro atoms. The Kier molecular flexibility index (Phi) is 3.69. The molecule has 1 N–H and O–H groups in total. The average molecular weight is 237 g/mol. The zero-order valence-electron chi connectivity index (χ0n) is 11.2. The van der Waals surface area contributed by atoms with Gasteiger partial charge in [-0.15, -0.1) is 0 Å². The largest absolute Gasteiger partial charge is 0.313 e. The summed E-state index contributed by atoms with van der Waals surface area (Å²) in [5, 5.41) is 3.68. The molecule has 4 aliphatic rings. The first-order valence-electron chi connectivity index (χ1n) is 7.49. The lowest BCUT2D eigenvalue weighted by molar-refractivity contribution is 0.0122. The Balaban J connectivity index is 1.53. The Labute approximate surface area is 106 Å². The maximum absolute atomic E-state index is 3.68. The van der Waals surface area contributed by atoms with Crippen molar-refractivity contribution in [1.29, 1.82) is 0 Å². The van der Waals surface area contributed by atoms with Gasteiger partial charge in [0.2, 0.25) is 0 Å². The van der Waals surface area contributed by atoms with E-state index in [1.54, 1.807) is 0 Å². The molecular formula is C14H27N3. The van der Waals surface area contributed by atoms with Crippen molar-refractivity contribution in [3.05, 3.63) is 0 Å². The molecule has 2 atom stereocenters. The van der Waals surface area contributed by atoms with Crippen LogP contribution in [0.2, 0.25) is 0 Å². The van der Waals surface area contributed by atoms with Gasteiger partial charge in [-0.1, -0.05) is 6.42 Å². The summed E-state index contributed by atoms with van der Waals surface area (Å²) in [6, 6.07) is 1.59. The number of piperidine rings is 4. The molecule has 0 aliphatic carbocycles. The summed E-state index contributed by atoms with van der Waals surface area (Å²) < 4.78 is 0. The van der Waals surface area contributed by atoms with E-state index in [0.29, 0.717) is 0 Å². The van der Waals surface area contributed by atoms with Crippen molar-refractivity contribution >= 4 is 0 Å². The van der Waals surface area contributed by atoms with Gasteiger partial charge in [-0.25, -0.2) is 0 Å². The van der Waals surface area contributed by atoms with E-state index in [-0.39, 0.29) is 0 Å². The van der Waals surface area contributed by atoms with Crippen LogP contribution in [0.5, 0.6) is 0 Å². The van der Waals surface area contributed by atoms with Gasteiger partial charge in [0.05, 0.1) is 0 Å². The summed E-state index contributed by atoms with van der Waals surface area (Å²) in [6.45, 7) is 6.54. The van der Waals surface area contributed by atoms with Gasteiger partial charge in [-0.2, -0.15) is 0 Å². The zero-order valence-corrected chi connectivity index (χ0v) is 11.2. The molecule has 0 saturated carbocycles. The smallest absolute Gasteiger partial charge is 0.0249 e. The molecule has 0 aromatic heterocycles. The topological polar surface area (TPSA) is 18.5 Å². The van der Waals surface area contributed by atoms with Gasteiger partial charge >= 0.3 is 0 Å². The minimum Gasteiger partial charge on any atom is -0.313 e. The molecule has 0 aromatic carbocycles. The number of hydrogen-bond acceptors (Lipinski definition) is 3. The molecule has 4 saturated heterocycles. The van der Waals surface area contributed by atoms with Gasteiger partial charge in [0.15, 0.2) is 0 Å². The monoisotopic (exact) mass is 237 g/mol. The Hall–Kier alpha value is -0.120. The van der Waals surface area contributed by atoms with E-state index in [2.05, 4.69) is 22.2 Å². The highest BCUT2D eigenvalue weighted by Crippen LogP contribution is 2.30. The summed E-state index contributed by atoms with van der Waals surface area (Å²) in [7, 11) is 2.35. The van der Waals surface area contributed by atoms with E-state index < -0.39 is 0 Å². The first-order chi connectivity index (χ1) is 8.33. The van der Waals surface area contributed by atoms with Crippen LogP contribution in [0, 0.1) is 5.92 Å². The van der Waals surface area contributed by atoms with E-state index in [1.807, 2.05) is 0 Å². The molecule has 4 heterocycles. The minimum absolute atomic E-state index is 0.754. The summed E-state index contributed by atoms with van der Waals surface area (Å²) in [5.74, 6) is 0.980. The molecule has 0 radical (unpaired) electrons. The summed E-state index contributed by atoms with van der Waals surface area (Å²) >= 11 is 0. The number of rotatable bonds is 3. The Morgan fingerprint density at radius 3 is 2.59 bits per heavy atom. The van der Waals surface area contributed by atoms with Crippen LogP contribution in [0.4, 0.5) is 0 Å². The molecule has 2 unspecified atom stereocenters. The maximum atomic E-state index is 3.68. The van der Waals surface area contributed by atoms with Crippen LogP contribution in [-0.2, 0) is 0 Å². The average Bonchev–Trinajstić information content (AvgIpc) is 2.41. The second kappa shape index (κ2) is 5.25. The molecule has 98 valence electrons. The molecule has 0 aromatic rings. The zero-order chi connectivity index (χ0) is 11.7. The predicted octanol–water partition coefficient (Wildman–Crippen LogP) is 1.15. The van der Waals surface area contributed by atoms with Crippen LogP contribution < -0.4 is 5.32 Å². The van der Waals surface area contributed by atoms with Crippen LogP contribution in [0.3, 0.4) is 0 Å². The Morgan fingerprint density at radius 1 is 1.18 bits per heavy atom. The Bertz CT molecular complexity index is 242. The first-order valence-corrected chi connectivity index (χ1v) is 7.49. The second-order valence-electron chi connectivity index (χ2n) is 6.29. The number of fused-ring (bicyclic) bond motifs is 3. The van der Waals surface area contributed by atoms with Gasteiger partial charge in [0.1, 0.15) is 0 Å². The first kappa shape index (κ1) is 11.9. The summed E-state index contributed by atoms with van der Waals surface area (Å²) in [4.78, 5) is 5.31. The van der Waals surface area contributed by atoms with E-state index >= 15 is 0 Å². The Morgan fingerprint density at radius 2 is 2.00 bits per heavy atom. The highest BCUT2D eigenvalue weighted by atomic mass is 15.2. The van der Waals surface area contributed by atoms with Gasteiger partial charge < -0.3 is 15.1 Å². The highest BCUT2D eigenvalue weighted by Gasteiger charge is 2.36. The van der Waals surface area contributed by atoms with Crippen molar-refractivity contribution in [2.75, 3.05) is 39.8 Å². The lowest BCUT2D eigenvalue weighted by atomic mass is 9.83. The van der Waals surface area contributed by atoms with E-state index in [4.69, 9.17) is 0 Å². The molecule has 4 aliphatic heterocycles. The minimum atomic E-state index is 0.754. The maximum Gasteiger partial charge on any atom is 0.0249 e. The van der Waals surface area contributed by atoms with E-state index in [9.17, 15) is 0 Å². The quantitative estimate of drug-likeness (QED) is 0.794. The van der Waals surface area contributed by atoms with E-state index in [0.717, 1.165) is 18.0 Å². The number of hydrogen-bond donors (Lipinski definition) is 1. The number of likely N-dealkylation sites (N-methyl/N-ethyl adjacent to an activating group) is 1. The van der Waals surface area contributed by atoms with Gasteiger partial charge in [-0.3, -0.25) is 0 Å². The fourth-order valence-corrected chi connectivity index (χ4v) is 4.00. The van der Waals surface area contributed by atoms with Crippen molar-refractivity contribution in [1.82, 2.24) is 15.1 Å². The second-order valence-corrected chi connectivity index (χ2v) is 6.29. The molecule has 4 fully saturated rings. The number of nitrogens with one attached hydrogen (secondary N) is 1. The fraction of sp³-hybridized carbons (Fsp3) is 1.00. The molecule has 17 heavy (non-hydrogen) atoms. The van der Waals surface area contributed by atoms with Crippen molar-refractivity contribution < 1.29 is 0 Å². The lowest BCUT2D eigenvalue weighted by Crippen LogP contribution is -2.58. The van der Waals surface area contributed by atoms with Gasteiger partial charge in [0, 0.05) is 25.2 Å². The van der Waals surface area contributed by atoms with Gasteiger partial charge in [-0.05, 0) is 58.3 Å². The molecule has 0 amide bonds. The van der Waals surface area contributed by atoms with Crippen LogP contribution in [0.1, 0.15) is 32.1 Å². The fourth-order valence-electron chi connectivity index (χ4n) is 4.00. The SMILES string of the molecule is CN(CC1CCCCN1)C1CN2CCC1CC2. The molecule has 3 heteroatoms. The van der Waals surface area contributed by atoms with Crippen molar-refractivity contribution in [3.63, 3.8) is 0 Å². The summed E-state index contributed by atoms with van der Waals surface area (Å²) in [6.07, 6.45) is 7.05. The summed E-state index contributed by atoms with van der Waals surface area (Å²) in [5.41, 5.74) is 0. The molecule has 4 rings (SSSR count). The standard InChI is InChI=1S/C14H27N3/c1-16(10-13-4-2-3-7-15-13)14-11-17-8-5-12(14)6-9-17/h12-15H,2-11H2,1H3. The van der Waals surface area contributed by atoms with Crippen LogP contribution in [0.25, 0.3) is 0 Å². The van der Waals surface area contributed by atoms with Crippen molar-refractivity contribution in [2.45, 2.75) is 44.2 Å². The third-order valence-corrected chi connectivity index (χ3v) is 5.11. The molecular weight excluding hydrogens is 210 g/mol. The third kappa shape index (κ3) is 2.67. The highest BCUT2D eigenvalue weighted by molar-refractivity contribution is 4.92. The van der Waals surface area contributed by atoms with Gasteiger partial charge in [0.25, 0.3) is 0 Å². The van der Waals surface area contributed by atoms with Crippen LogP contribution in [0.15, 0.2) is 0 Å².